The van der Waals surface area contributed by atoms with E-state index in [-0.39, 0.29) is 6.42 Å². The highest BCUT2D eigenvalue weighted by Gasteiger charge is 2.04. The molecule has 0 saturated carbocycles. The number of nitrogens with one attached hydrogen (secondary N) is 2. The molecule has 23 heavy (non-hydrogen) atoms. The number of aliphatic imine (C=N–C) groups is 1. The van der Waals surface area contributed by atoms with Gasteiger partial charge in [-0.15, -0.1) is 0 Å². The number of benzene rings is 1. The molecule has 0 aromatic heterocycles. The minimum Gasteiger partial charge on any atom is -0.342 e. The monoisotopic (exact) mass is 319 g/mol. The molecule has 1 aromatic carbocycles. The Morgan fingerprint density at radius 1 is 1.22 bits per heavy atom. The Bertz CT molecular complexity index is 614. The second-order valence-electron chi connectivity index (χ2n) is 5.17. The molecule has 3 nitrogen and oxygen atoms in total. The SMILES string of the molecule is C=C(NC(=C/C)/N=C(\C)C(=C)C)Nc1ccc(CC(F)F)cc1. The first kappa shape index (κ1) is 18.6. The molecule has 0 aliphatic carbocycles. The number of rotatable bonds is 8. The smallest absolute Gasteiger partial charge is 0.242 e. The third-order valence-corrected chi connectivity index (χ3v) is 3.10. The third-order valence-electron chi connectivity index (χ3n) is 3.10. The lowest BCUT2D eigenvalue weighted by atomic mass is 10.1. The molecule has 5 heteroatoms. The molecule has 0 heterocycles. The van der Waals surface area contributed by atoms with Crippen LogP contribution in [0.5, 0.6) is 0 Å². The molecule has 0 spiro atoms. The standard InChI is InChI=1S/C18H23F2N3/c1-6-18(21-13(4)12(2)3)23-14(5)22-16-9-7-15(8-10-16)11-17(19)20/h6-10,17,22-23H,2,5,11H2,1,3-4H3/b18-6+,21-13+. The first-order chi connectivity index (χ1) is 10.8. The van der Waals surface area contributed by atoms with Gasteiger partial charge in [-0.2, -0.15) is 0 Å². The normalized spacial score (nSPS) is 12.3. The van der Waals surface area contributed by atoms with Crippen molar-refractivity contribution in [1.29, 1.82) is 0 Å². The van der Waals surface area contributed by atoms with Crippen molar-refractivity contribution in [2.24, 2.45) is 4.99 Å². The second-order valence-corrected chi connectivity index (χ2v) is 5.17. The maximum absolute atomic E-state index is 12.3. The van der Waals surface area contributed by atoms with E-state index in [2.05, 4.69) is 28.8 Å². The predicted molar refractivity (Wildman–Crippen MR) is 93.7 cm³/mol. The molecule has 0 bridgehead atoms. The maximum atomic E-state index is 12.3. The van der Waals surface area contributed by atoms with E-state index >= 15 is 0 Å². The zero-order valence-electron chi connectivity index (χ0n) is 13.8. The summed E-state index contributed by atoms with van der Waals surface area (Å²) in [5, 5.41) is 6.12. The zero-order chi connectivity index (χ0) is 17.4. The molecule has 2 N–H and O–H groups in total. The summed E-state index contributed by atoms with van der Waals surface area (Å²) >= 11 is 0. The minimum atomic E-state index is -2.34. The van der Waals surface area contributed by atoms with E-state index in [1.165, 1.54) is 0 Å². The van der Waals surface area contributed by atoms with E-state index in [0.29, 0.717) is 17.2 Å². The van der Waals surface area contributed by atoms with Crippen molar-refractivity contribution in [2.75, 3.05) is 5.32 Å². The van der Waals surface area contributed by atoms with Crippen LogP contribution >= 0.6 is 0 Å². The minimum absolute atomic E-state index is 0.239. The van der Waals surface area contributed by atoms with Gasteiger partial charge in [0.1, 0.15) is 11.6 Å². The van der Waals surface area contributed by atoms with Crippen LogP contribution in [0.2, 0.25) is 0 Å². The Morgan fingerprint density at radius 2 is 1.83 bits per heavy atom. The summed E-state index contributed by atoms with van der Waals surface area (Å²) in [7, 11) is 0. The van der Waals surface area contributed by atoms with Gasteiger partial charge < -0.3 is 10.6 Å². The van der Waals surface area contributed by atoms with E-state index in [4.69, 9.17) is 0 Å². The molecule has 0 aliphatic heterocycles. The van der Waals surface area contributed by atoms with Crippen LogP contribution < -0.4 is 10.6 Å². The summed E-state index contributed by atoms with van der Waals surface area (Å²) in [6.07, 6.45) is -0.751. The van der Waals surface area contributed by atoms with Crippen molar-refractivity contribution >= 4 is 11.4 Å². The van der Waals surface area contributed by atoms with Crippen LogP contribution in [-0.4, -0.2) is 12.1 Å². The molecular formula is C18H23F2N3. The Kier molecular flexibility index (Phi) is 7.19. The highest BCUT2D eigenvalue weighted by Crippen LogP contribution is 2.14. The number of alkyl halides is 2. The number of allylic oxidation sites excluding steroid dienone is 2. The fourth-order valence-electron chi connectivity index (χ4n) is 1.70. The van der Waals surface area contributed by atoms with Gasteiger partial charge in [0.2, 0.25) is 6.43 Å². The number of halogens is 2. The van der Waals surface area contributed by atoms with Crippen molar-refractivity contribution in [3.63, 3.8) is 0 Å². The van der Waals surface area contributed by atoms with Gasteiger partial charge in [-0.3, -0.25) is 0 Å². The molecule has 1 aromatic rings. The second kappa shape index (κ2) is 8.88. The van der Waals surface area contributed by atoms with Gasteiger partial charge in [0.25, 0.3) is 0 Å². The molecule has 0 aliphatic rings. The molecule has 0 unspecified atom stereocenters. The highest BCUT2D eigenvalue weighted by atomic mass is 19.3. The van der Waals surface area contributed by atoms with E-state index in [0.717, 1.165) is 17.0 Å². The van der Waals surface area contributed by atoms with Crippen LogP contribution in [0, 0.1) is 0 Å². The number of nitrogens with zero attached hydrogens (tertiary/aromatic N) is 1. The van der Waals surface area contributed by atoms with Crippen LogP contribution in [0.25, 0.3) is 0 Å². The molecule has 0 fully saturated rings. The van der Waals surface area contributed by atoms with Crippen molar-refractivity contribution in [2.45, 2.75) is 33.6 Å². The lowest BCUT2D eigenvalue weighted by molar-refractivity contribution is 0.149. The molecule has 0 amide bonds. The van der Waals surface area contributed by atoms with Gasteiger partial charge in [0.15, 0.2) is 0 Å². The lowest BCUT2D eigenvalue weighted by Gasteiger charge is -2.13. The lowest BCUT2D eigenvalue weighted by Crippen LogP contribution is -2.18. The van der Waals surface area contributed by atoms with Crippen molar-refractivity contribution in [3.8, 4) is 0 Å². The van der Waals surface area contributed by atoms with Gasteiger partial charge >= 0.3 is 0 Å². The average molecular weight is 319 g/mol. The number of hydrogen-bond acceptors (Lipinski definition) is 3. The van der Waals surface area contributed by atoms with Crippen molar-refractivity contribution in [1.82, 2.24) is 5.32 Å². The van der Waals surface area contributed by atoms with Gasteiger partial charge in [0.05, 0.1) is 0 Å². The highest BCUT2D eigenvalue weighted by molar-refractivity contribution is 5.97. The van der Waals surface area contributed by atoms with Crippen LogP contribution in [0.1, 0.15) is 26.3 Å². The van der Waals surface area contributed by atoms with Crippen LogP contribution in [0.3, 0.4) is 0 Å². The molecule has 124 valence electrons. The molecular weight excluding hydrogens is 296 g/mol. The summed E-state index contributed by atoms with van der Waals surface area (Å²) in [5.41, 5.74) is 3.07. The summed E-state index contributed by atoms with van der Waals surface area (Å²) in [4.78, 5) is 4.41. The summed E-state index contributed by atoms with van der Waals surface area (Å²) in [6.45, 7) is 13.4. The Morgan fingerprint density at radius 3 is 2.30 bits per heavy atom. The van der Waals surface area contributed by atoms with Gasteiger partial charge in [0, 0.05) is 17.8 Å². The van der Waals surface area contributed by atoms with Gasteiger partial charge in [-0.25, -0.2) is 13.8 Å². The predicted octanol–water partition coefficient (Wildman–Crippen LogP) is 4.87. The largest absolute Gasteiger partial charge is 0.342 e. The summed E-state index contributed by atoms with van der Waals surface area (Å²) in [5.74, 6) is 1.19. The Balaban J connectivity index is 2.65. The van der Waals surface area contributed by atoms with Crippen LogP contribution in [0.4, 0.5) is 14.5 Å². The number of anilines is 1. The van der Waals surface area contributed by atoms with Crippen molar-refractivity contribution < 1.29 is 8.78 Å². The Labute approximate surface area is 136 Å². The Hall–Kier alpha value is -2.43. The maximum Gasteiger partial charge on any atom is 0.242 e. The topological polar surface area (TPSA) is 36.4 Å². The molecule has 0 saturated heterocycles. The molecule has 0 radical (unpaired) electrons. The molecule has 0 atom stereocenters. The first-order valence-corrected chi connectivity index (χ1v) is 7.29. The first-order valence-electron chi connectivity index (χ1n) is 7.29. The van der Waals surface area contributed by atoms with Crippen LogP contribution in [0.15, 0.2) is 65.7 Å². The van der Waals surface area contributed by atoms with E-state index in [9.17, 15) is 8.78 Å². The van der Waals surface area contributed by atoms with E-state index in [1.807, 2.05) is 26.8 Å². The fraction of sp³-hybridized carbons (Fsp3) is 0.278. The molecule has 1 rings (SSSR count). The van der Waals surface area contributed by atoms with Crippen LogP contribution in [-0.2, 0) is 6.42 Å². The average Bonchev–Trinajstić information content (AvgIpc) is 2.47. The fourth-order valence-corrected chi connectivity index (χ4v) is 1.70. The van der Waals surface area contributed by atoms with E-state index < -0.39 is 6.43 Å². The zero-order valence-corrected chi connectivity index (χ0v) is 13.8. The van der Waals surface area contributed by atoms with Gasteiger partial charge in [-0.1, -0.05) is 25.3 Å². The van der Waals surface area contributed by atoms with Gasteiger partial charge in [-0.05, 0) is 50.1 Å². The third kappa shape index (κ3) is 6.91. The van der Waals surface area contributed by atoms with Crippen molar-refractivity contribution in [3.05, 3.63) is 66.3 Å². The number of hydrogen-bond donors (Lipinski definition) is 2. The summed E-state index contributed by atoms with van der Waals surface area (Å²) < 4.78 is 24.6. The summed E-state index contributed by atoms with van der Waals surface area (Å²) in [6, 6.07) is 6.81. The quantitative estimate of drug-likeness (QED) is 0.671. The van der Waals surface area contributed by atoms with E-state index in [1.54, 1.807) is 24.3 Å².